The molecule has 1 aliphatic carbocycles. The molecule has 1 heterocycles. The summed E-state index contributed by atoms with van der Waals surface area (Å²) in [6.45, 7) is 0. The molecule has 0 amide bonds. The van der Waals surface area contributed by atoms with Crippen molar-refractivity contribution in [1.82, 2.24) is 4.98 Å². The second kappa shape index (κ2) is 3.56. The van der Waals surface area contributed by atoms with Gasteiger partial charge in [-0.3, -0.25) is 10.1 Å². The summed E-state index contributed by atoms with van der Waals surface area (Å²) < 4.78 is 0. The van der Waals surface area contributed by atoms with Gasteiger partial charge in [0, 0.05) is 35.2 Å². The van der Waals surface area contributed by atoms with Gasteiger partial charge in [0.2, 0.25) is 0 Å². The standard InChI is InChI=1S/C12H12N2O3/c15-8-2-4-12-10(6-8)9-5-7(14(16)17)1-3-11(9)13-12/h1,3,5,8,13,15H,2,4,6H2. The van der Waals surface area contributed by atoms with Crippen LogP contribution in [0.2, 0.25) is 0 Å². The fourth-order valence-electron chi connectivity index (χ4n) is 2.50. The van der Waals surface area contributed by atoms with Gasteiger partial charge in [-0.2, -0.15) is 0 Å². The molecule has 3 rings (SSSR count). The number of hydrogen-bond acceptors (Lipinski definition) is 3. The Hall–Kier alpha value is -1.88. The van der Waals surface area contributed by atoms with Crippen LogP contribution in [0.5, 0.6) is 0 Å². The maximum atomic E-state index is 10.7. The van der Waals surface area contributed by atoms with Crippen molar-refractivity contribution >= 4 is 16.6 Å². The second-order valence-electron chi connectivity index (χ2n) is 4.47. The molecule has 1 aromatic carbocycles. The number of aromatic nitrogens is 1. The summed E-state index contributed by atoms with van der Waals surface area (Å²) >= 11 is 0. The van der Waals surface area contributed by atoms with Gasteiger partial charge >= 0.3 is 0 Å². The number of fused-ring (bicyclic) bond motifs is 3. The molecular formula is C12H12N2O3. The number of aliphatic hydroxyl groups excluding tert-OH is 1. The van der Waals surface area contributed by atoms with E-state index in [0.717, 1.165) is 35.0 Å². The van der Waals surface area contributed by atoms with Crippen LogP contribution in [0.15, 0.2) is 18.2 Å². The lowest BCUT2D eigenvalue weighted by Crippen LogP contribution is -2.17. The van der Waals surface area contributed by atoms with Gasteiger partial charge in [-0.05, 0) is 24.5 Å². The summed E-state index contributed by atoms with van der Waals surface area (Å²) in [6, 6.07) is 4.82. The van der Waals surface area contributed by atoms with Gasteiger partial charge in [0.15, 0.2) is 0 Å². The van der Waals surface area contributed by atoms with Crippen LogP contribution in [-0.2, 0) is 12.8 Å². The molecule has 0 radical (unpaired) electrons. The van der Waals surface area contributed by atoms with E-state index in [2.05, 4.69) is 4.98 Å². The van der Waals surface area contributed by atoms with Crippen molar-refractivity contribution in [3.05, 3.63) is 39.6 Å². The Morgan fingerprint density at radius 1 is 1.47 bits per heavy atom. The SMILES string of the molecule is O=[N+]([O-])c1ccc2[nH]c3c(c2c1)CC(O)CC3. The fraction of sp³-hybridized carbons (Fsp3) is 0.333. The van der Waals surface area contributed by atoms with Gasteiger partial charge < -0.3 is 10.1 Å². The van der Waals surface area contributed by atoms with Crippen molar-refractivity contribution in [2.75, 3.05) is 0 Å². The summed E-state index contributed by atoms with van der Waals surface area (Å²) in [5.74, 6) is 0. The quantitative estimate of drug-likeness (QED) is 0.582. The van der Waals surface area contributed by atoms with E-state index in [9.17, 15) is 15.2 Å². The number of H-pyrrole nitrogens is 1. The van der Waals surface area contributed by atoms with E-state index in [-0.39, 0.29) is 11.8 Å². The molecule has 1 aromatic heterocycles. The number of nitro groups is 1. The van der Waals surface area contributed by atoms with Crippen LogP contribution in [0.25, 0.3) is 10.9 Å². The molecule has 0 aliphatic heterocycles. The zero-order valence-electron chi connectivity index (χ0n) is 9.14. The largest absolute Gasteiger partial charge is 0.393 e. The smallest absolute Gasteiger partial charge is 0.270 e. The summed E-state index contributed by atoms with van der Waals surface area (Å²) in [5.41, 5.74) is 3.14. The third kappa shape index (κ3) is 1.59. The minimum atomic E-state index is -0.391. The normalized spacial score (nSPS) is 19.2. The number of aliphatic hydroxyl groups is 1. The Morgan fingerprint density at radius 2 is 2.29 bits per heavy atom. The first-order valence-corrected chi connectivity index (χ1v) is 5.61. The summed E-state index contributed by atoms with van der Waals surface area (Å²) in [4.78, 5) is 13.6. The highest BCUT2D eigenvalue weighted by molar-refractivity contribution is 5.87. The highest BCUT2D eigenvalue weighted by Gasteiger charge is 2.21. The van der Waals surface area contributed by atoms with Crippen LogP contribution in [0.3, 0.4) is 0 Å². The number of nitrogens with zero attached hydrogens (tertiary/aromatic N) is 1. The van der Waals surface area contributed by atoms with Gasteiger partial charge in [0.1, 0.15) is 0 Å². The van der Waals surface area contributed by atoms with Crippen LogP contribution in [0, 0.1) is 10.1 Å². The number of rotatable bonds is 1. The number of nitro benzene ring substituents is 1. The van der Waals surface area contributed by atoms with Gasteiger partial charge in [-0.15, -0.1) is 0 Å². The molecule has 2 N–H and O–H groups in total. The Labute approximate surface area is 97.2 Å². The molecule has 5 heteroatoms. The first kappa shape index (κ1) is 10.3. The maximum absolute atomic E-state index is 10.7. The van der Waals surface area contributed by atoms with E-state index in [4.69, 9.17) is 0 Å². The maximum Gasteiger partial charge on any atom is 0.270 e. The van der Waals surface area contributed by atoms with E-state index >= 15 is 0 Å². The van der Waals surface area contributed by atoms with Gasteiger partial charge in [-0.25, -0.2) is 0 Å². The average Bonchev–Trinajstić information content (AvgIpc) is 2.66. The van der Waals surface area contributed by atoms with E-state index in [1.54, 1.807) is 12.1 Å². The second-order valence-corrected chi connectivity index (χ2v) is 4.47. The molecule has 0 bridgehead atoms. The first-order chi connectivity index (χ1) is 8.15. The highest BCUT2D eigenvalue weighted by atomic mass is 16.6. The monoisotopic (exact) mass is 232 g/mol. The molecule has 0 saturated heterocycles. The van der Waals surface area contributed by atoms with Crippen molar-refractivity contribution < 1.29 is 10.0 Å². The van der Waals surface area contributed by atoms with Crippen molar-refractivity contribution in [3.63, 3.8) is 0 Å². The van der Waals surface area contributed by atoms with E-state index in [0.29, 0.717) is 6.42 Å². The Balaban J connectivity index is 2.21. The van der Waals surface area contributed by atoms with Gasteiger partial charge in [0.25, 0.3) is 5.69 Å². The van der Waals surface area contributed by atoms with Crippen LogP contribution >= 0.6 is 0 Å². The topological polar surface area (TPSA) is 79.2 Å². The van der Waals surface area contributed by atoms with Crippen LogP contribution in [0.1, 0.15) is 17.7 Å². The van der Waals surface area contributed by atoms with Gasteiger partial charge in [-0.1, -0.05) is 0 Å². The summed E-state index contributed by atoms with van der Waals surface area (Å²) in [6.07, 6.45) is 1.80. The van der Waals surface area contributed by atoms with Gasteiger partial charge in [0.05, 0.1) is 11.0 Å². The minimum absolute atomic E-state index is 0.0966. The number of nitrogens with one attached hydrogen (secondary N) is 1. The van der Waals surface area contributed by atoms with E-state index in [1.165, 1.54) is 6.07 Å². The molecule has 1 aliphatic rings. The Kier molecular flexibility index (Phi) is 2.16. The van der Waals surface area contributed by atoms with Crippen molar-refractivity contribution in [2.45, 2.75) is 25.4 Å². The van der Waals surface area contributed by atoms with Crippen molar-refractivity contribution in [1.29, 1.82) is 0 Å². The lowest BCUT2D eigenvalue weighted by molar-refractivity contribution is -0.384. The molecule has 1 atom stereocenters. The zero-order valence-corrected chi connectivity index (χ0v) is 9.14. The fourth-order valence-corrected chi connectivity index (χ4v) is 2.50. The van der Waals surface area contributed by atoms with E-state index in [1.807, 2.05) is 0 Å². The van der Waals surface area contributed by atoms with Crippen LogP contribution < -0.4 is 0 Å². The predicted octanol–water partition coefficient (Wildman–Crippen LogP) is 1.93. The molecule has 17 heavy (non-hydrogen) atoms. The van der Waals surface area contributed by atoms with Crippen LogP contribution in [0.4, 0.5) is 5.69 Å². The molecule has 1 unspecified atom stereocenters. The van der Waals surface area contributed by atoms with Crippen molar-refractivity contribution in [2.24, 2.45) is 0 Å². The number of aromatic amines is 1. The molecule has 0 spiro atoms. The highest BCUT2D eigenvalue weighted by Crippen LogP contribution is 2.31. The summed E-state index contributed by atoms with van der Waals surface area (Å²) in [7, 11) is 0. The molecule has 5 nitrogen and oxygen atoms in total. The number of aryl methyl sites for hydroxylation is 1. The molecule has 2 aromatic rings. The number of non-ortho nitro benzene ring substituents is 1. The lowest BCUT2D eigenvalue weighted by Gasteiger charge is -2.16. The molecule has 0 saturated carbocycles. The minimum Gasteiger partial charge on any atom is -0.393 e. The van der Waals surface area contributed by atoms with Crippen LogP contribution in [-0.4, -0.2) is 21.1 Å². The number of hydrogen-bond donors (Lipinski definition) is 2. The Morgan fingerprint density at radius 3 is 3.06 bits per heavy atom. The first-order valence-electron chi connectivity index (χ1n) is 5.61. The molecule has 0 fully saturated rings. The van der Waals surface area contributed by atoms with E-state index < -0.39 is 4.92 Å². The third-order valence-electron chi connectivity index (χ3n) is 3.36. The Bertz CT molecular complexity index is 603. The predicted molar refractivity (Wildman–Crippen MR) is 63.0 cm³/mol. The number of benzene rings is 1. The van der Waals surface area contributed by atoms with Crippen molar-refractivity contribution in [3.8, 4) is 0 Å². The third-order valence-corrected chi connectivity index (χ3v) is 3.36. The lowest BCUT2D eigenvalue weighted by atomic mass is 9.93. The molecular weight excluding hydrogens is 220 g/mol. The average molecular weight is 232 g/mol. The zero-order chi connectivity index (χ0) is 12.0. The summed E-state index contributed by atoms with van der Waals surface area (Å²) in [5, 5.41) is 21.3. The molecule has 88 valence electrons.